The van der Waals surface area contributed by atoms with Crippen molar-refractivity contribution >= 4 is 28.2 Å². The lowest BCUT2D eigenvalue weighted by Gasteiger charge is -2.34. The van der Waals surface area contributed by atoms with Crippen LogP contribution in [0.4, 0.5) is 0 Å². The Labute approximate surface area is 183 Å². The molecule has 0 atom stereocenters. The van der Waals surface area contributed by atoms with Crippen LogP contribution in [0.1, 0.15) is 44.7 Å². The predicted octanol–water partition coefficient (Wildman–Crippen LogP) is 1.70. The minimum atomic E-state index is -0.430. The number of esters is 1. The van der Waals surface area contributed by atoms with E-state index in [0.29, 0.717) is 66.6 Å². The van der Waals surface area contributed by atoms with Crippen molar-refractivity contribution in [1.29, 1.82) is 0 Å². The van der Waals surface area contributed by atoms with Gasteiger partial charge in [-0.1, -0.05) is 6.92 Å². The number of aromatic nitrogens is 3. The summed E-state index contributed by atoms with van der Waals surface area (Å²) >= 11 is 1.43. The monoisotopic (exact) mass is 443 g/mol. The van der Waals surface area contributed by atoms with Gasteiger partial charge in [-0.15, -0.1) is 11.3 Å². The van der Waals surface area contributed by atoms with Crippen LogP contribution >= 0.6 is 11.3 Å². The standard InChI is InChI=1S/C21H25N5O4S/c1-4-15-17(20(29)30-3)13(2)18(23-15)19(28)25-7-5-24(6-8-25)12-14-11-16(27)26-9-10-31-21(26)22-14/h9-11,23H,4-8,12H2,1-3H3. The zero-order chi connectivity index (χ0) is 22.1. The molecule has 0 aromatic carbocycles. The second-order valence-corrected chi connectivity index (χ2v) is 8.41. The number of H-pyrrole nitrogens is 1. The first kappa shape index (κ1) is 21.3. The summed E-state index contributed by atoms with van der Waals surface area (Å²) in [6, 6.07) is 1.57. The number of ether oxygens (including phenoxy) is 1. The first-order valence-electron chi connectivity index (χ1n) is 10.2. The van der Waals surface area contributed by atoms with Gasteiger partial charge in [-0.2, -0.15) is 0 Å². The van der Waals surface area contributed by atoms with Crippen molar-refractivity contribution in [2.24, 2.45) is 0 Å². The molecule has 3 aromatic heterocycles. The Balaban J connectivity index is 1.44. The highest BCUT2D eigenvalue weighted by Crippen LogP contribution is 2.22. The fourth-order valence-corrected chi connectivity index (χ4v) is 4.72. The zero-order valence-corrected chi connectivity index (χ0v) is 18.6. The molecule has 9 nitrogen and oxygen atoms in total. The molecule has 3 aromatic rings. The molecule has 4 rings (SSSR count). The van der Waals surface area contributed by atoms with E-state index in [1.54, 1.807) is 24.1 Å². The van der Waals surface area contributed by atoms with Crippen LogP contribution in [0, 0.1) is 6.92 Å². The van der Waals surface area contributed by atoms with E-state index >= 15 is 0 Å². The number of fused-ring (bicyclic) bond motifs is 1. The number of piperazine rings is 1. The Morgan fingerprint density at radius 2 is 2.00 bits per heavy atom. The normalized spacial score (nSPS) is 14.9. The fraction of sp³-hybridized carbons (Fsp3) is 0.429. The van der Waals surface area contributed by atoms with E-state index in [1.807, 2.05) is 12.3 Å². The van der Waals surface area contributed by atoms with Gasteiger partial charge in [-0.25, -0.2) is 9.78 Å². The minimum absolute atomic E-state index is 0.0783. The molecule has 0 saturated carbocycles. The molecule has 0 bridgehead atoms. The Morgan fingerprint density at radius 1 is 1.26 bits per heavy atom. The number of aryl methyl sites for hydroxylation is 1. The Morgan fingerprint density at radius 3 is 2.68 bits per heavy atom. The number of nitrogens with zero attached hydrogens (tertiary/aromatic N) is 4. The maximum absolute atomic E-state index is 13.1. The van der Waals surface area contributed by atoms with Crippen molar-refractivity contribution in [3.8, 4) is 0 Å². The van der Waals surface area contributed by atoms with Gasteiger partial charge in [-0.3, -0.25) is 18.9 Å². The Kier molecular flexibility index (Phi) is 5.92. The van der Waals surface area contributed by atoms with Crippen LogP contribution in [0.2, 0.25) is 0 Å². The molecule has 0 spiro atoms. The highest BCUT2D eigenvalue weighted by Gasteiger charge is 2.28. The van der Waals surface area contributed by atoms with Crippen molar-refractivity contribution in [2.45, 2.75) is 26.8 Å². The van der Waals surface area contributed by atoms with Gasteiger partial charge in [0.1, 0.15) is 5.69 Å². The van der Waals surface area contributed by atoms with Crippen molar-refractivity contribution in [3.63, 3.8) is 0 Å². The maximum atomic E-state index is 13.1. The second kappa shape index (κ2) is 8.64. The number of aromatic amines is 1. The van der Waals surface area contributed by atoms with Crippen molar-refractivity contribution < 1.29 is 14.3 Å². The average Bonchev–Trinajstić information content (AvgIpc) is 3.37. The molecule has 1 N–H and O–H groups in total. The number of carbonyl (C=O) groups is 2. The Bertz CT molecular complexity index is 1190. The van der Waals surface area contributed by atoms with E-state index in [0.717, 1.165) is 5.69 Å². The molecule has 1 fully saturated rings. The molecular weight excluding hydrogens is 418 g/mol. The number of hydrogen-bond donors (Lipinski definition) is 1. The third-order valence-corrected chi connectivity index (χ3v) is 6.44. The summed E-state index contributed by atoms with van der Waals surface area (Å²) in [5.74, 6) is -0.543. The van der Waals surface area contributed by atoms with Gasteiger partial charge in [0.2, 0.25) is 0 Å². The molecule has 10 heteroatoms. The molecule has 1 amide bonds. The number of amides is 1. The van der Waals surface area contributed by atoms with Gasteiger partial charge in [0.05, 0.1) is 18.4 Å². The SMILES string of the molecule is CCc1[nH]c(C(=O)N2CCN(Cc3cc(=O)n4ccsc4n3)CC2)c(C)c1C(=O)OC. The van der Waals surface area contributed by atoms with Crippen molar-refractivity contribution in [1.82, 2.24) is 24.2 Å². The molecule has 1 aliphatic rings. The average molecular weight is 444 g/mol. The number of thiazole rings is 1. The van der Waals surface area contributed by atoms with Gasteiger partial charge in [-0.05, 0) is 18.9 Å². The van der Waals surface area contributed by atoms with Crippen LogP contribution in [0.25, 0.3) is 4.96 Å². The molecule has 0 unspecified atom stereocenters. The number of hydrogen-bond acceptors (Lipinski definition) is 7. The Hall–Kier alpha value is -2.98. The third kappa shape index (κ3) is 4.00. The van der Waals surface area contributed by atoms with Gasteiger partial charge in [0.25, 0.3) is 11.5 Å². The lowest BCUT2D eigenvalue weighted by Crippen LogP contribution is -2.48. The summed E-state index contributed by atoms with van der Waals surface area (Å²) < 4.78 is 6.42. The first-order chi connectivity index (χ1) is 14.9. The van der Waals surface area contributed by atoms with Crippen LogP contribution in [-0.2, 0) is 17.7 Å². The summed E-state index contributed by atoms with van der Waals surface area (Å²) in [5, 5.41) is 1.84. The quantitative estimate of drug-likeness (QED) is 0.603. The number of methoxy groups -OCH3 is 1. The first-order valence-corrected chi connectivity index (χ1v) is 11.1. The van der Waals surface area contributed by atoms with Gasteiger partial charge in [0, 0.05) is 56.1 Å². The van der Waals surface area contributed by atoms with Crippen LogP contribution in [-0.4, -0.2) is 69.3 Å². The molecule has 0 radical (unpaired) electrons. The second-order valence-electron chi connectivity index (χ2n) is 7.53. The van der Waals surface area contributed by atoms with Crippen LogP contribution in [0.15, 0.2) is 22.4 Å². The largest absolute Gasteiger partial charge is 0.465 e. The third-order valence-electron chi connectivity index (χ3n) is 5.69. The highest BCUT2D eigenvalue weighted by molar-refractivity contribution is 7.15. The van der Waals surface area contributed by atoms with Crippen molar-refractivity contribution in [3.05, 3.63) is 56.2 Å². The molecule has 164 valence electrons. The van der Waals surface area contributed by atoms with E-state index in [9.17, 15) is 14.4 Å². The summed E-state index contributed by atoms with van der Waals surface area (Å²) in [7, 11) is 1.34. The van der Waals surface area contributed by atoms with E-state index in [2.05, 4.69) is 14.9 Å². The summed E-state index contributed by atoms with van der Waals surface area (Å²) in [4.78, 5) is 49.8. The van der Waals surface area contributed by atoms with Gasteiger partial charge < -0.3 is 14.6 Å². The van der Waals surface area contributed by atoms with Gasteiger partial charge >= 0.3 is 5.97 Å². The van der Waals surface area contributed by atoms with E-state index in [1.165, 1.54) is 22.8 Å². The van der Waals surface area contributed by atoms with Crippen LogP contribution in [0.3, 0.4) is 0 Å². The zero-order valence-electron chi connectivity index (χ0n) is 17.8. The van der Waals surface area contributed by atoms with Gasteiger partial charge in [0.15, 0.2) is 4.96 Å². The predicted molar refractivity (Wildman–Crippen MR) is 117 cm³/mol. The highest BCUT2D eigenvalue weighted by atomic mass is 32.1. The smallest absolute Gasteiger partial charge is 0.339 e. The van der Waals surface area contributed by atoms with E-state index < -0.39 is 5.97 Å². The number of rotatable bonds is 5. The maximum Gasteiger partial charge on any atom is 0.339 e. The molecule has 0 aliphatic carbocycles. The fourth-order valence-electron chi connectivity index (χ4n) is 3.98. The molecule has 4 heterocycles. The van der Waals surface area contributed by atoms with E-state index in [-0.39, 0.29) is 11.5 Å². The topological polar surface area (TPSA) is 100 Å². The molecular formula is C21H25N5O4S. The number of carbonyl (C=O) groups excluding carboxylic acids is 2. The van der Waals surface area contributed by atoms with E-state index in [4.69, 9.17) is 4.74 Å². The molecule has 1 saturated heterocycles. The number of nitrogens with one attached hydrogen (secondary N) is 1. The lowest BCUT2D eigenvalue weighted by atomic mass is 10.1. The molecule has 1 aliphatic heterocycles. The van der Waals surface area contributed by atoms with Crippen LogP contribution in [0.5, 0.6) is 0 Å². The molecule has 31 heavy (non-hydrogen) atoms. The lowest BCUT2D eigenvalue weighted by molar-refractivity contribution is 0.0599. The summed E-state index contributed by atoms with van der Waals surface area (Å²) in [6.07, 6.45) is 2.33. The minimum Gasteiger partial charge on any atom is -0.465 e. The van der Waals surface area contributed by atoms with Crippen LogP contribution < -0.4 is 5.56 Å². The van der Waals surface area contributed by atoms with Crippen molar-refractivity contribution in [2.75, 3.05) is 33.3 Å². The summed E-state index contributed by atoms with van der Waals surface area (Å²) in [5.41, 5.74) is 2.91. The summed E-state index contributed by atoms with van der Waals surface area (Å²) in [6.45, 7) is 6.76.